The van der Waals surface area contributed by atoms with Crippen molar-refractivity contribution in [2.75, 3.05) is 25.6 Å². The number of rotatable bonds is 14. The number of benzene rings is 3. The molecule has 0 aromatic heterocycles. The van der Waals surface area contributed by atoms with Crippen LogP contribution in [0.3, 0.4) is 0 Å². The first-order chi connectivity index (χ1) is 22.8. The summed E-state index contributed by atoms with van der Waals surface area (Å²) in [5.74, 6) is -0.995. The minimum Gasteiger partial charge on any atom is -0.467 e. The molecule has 0 saturated carbocycles. The first kappa shape index (κ1) is 35.3. The molecule has 3 aromatic carbocycles. The molecule has 6 heteroatoms. The predicted octanol–water partition coefficient (Wildman–Crippen LogP) is 10.1. The molecule has 47 heavy (non-hydrogen) atoms. The SMILES string of the molecule is CCCCP(CCCC)(CCCC)=C1C(C(=O)c2ccccc2)=C(c2ccccc2)C2=C1[C@](O)(C(=O)OC)C[C@H]2c1ccc(Br)cc1. The molecule has 0 bridgehead atoms. The molecule has 0 heterocycles. The maximum Gasteiger partial charge on any atom is 0.342 e. The maximum atomic E-state index is 15.2. The summed E-state index contributed by atoms with van der Waals surface area (Å²) >= 11 is 3.59. The predicted molar refractivity (Wildman–Crippen MR) is 201 cm³/mol. The Hall–Kier alpha value is -2.98. The highest BCUT2D eigenvalue weighted by molar-refractivity contribution is 9.10. The van der Waals surface area contributed by atoms with Crippen molar-refractivity contribution in [1.82, 2.24) is 0 Å². The van der Waals surface area contributed by atoms with Gasteiger partial charge in [-0.1, -0.05) is 136 Å². The number of methoxy groups -OCH3 is 1. The molecular weight excluding hydrogens is 667 g/mol. The summed E-state index contributed by atoms with van der Waals surface area (Å²) in [5.41, 5.74) is 3.80. The van der Waals surface area contributed by atoms with E-state index in [0.717, 1.165) is 89.1 Å². The number of ether oxygens (including phenoxy) is 1. The first-order valence-corrected chi connectivity index (χ1v) is 20.3. The summed E-state index contributed by atoms with van der Waals surface area (Å²) in [6.45, 7) is 4.57. The van der Waals surface area contributed by atoms with Crippen molar-refractivity contribution in [3.05, 3.63) is 123 Å². The van der Waals surface area contributed by atoms with Gasteiger partial charge in [-0.2, -0.15) is 0 Å². The molecule has 4 nitrogen and oxygen atoms in total. The van der Waals surface area contributed by atoms with Crippen LogP contribution in [0.4, 0.5) is 0 Å². The van der Waals surface area contributed by atoms with Crippen LogP contribution in [0.2, 0.25) is 0 Å². The molecule has 0 saturated heterocycles. The van der Waals surface area contributed by atoms with Crippen molar-refractivity contribution in [3.63, 3.8) is 0 Å². The second-order valence-corrected chi connectivity index (χ2v) is 18.0. The van der Waals surface area contributed by atoms with Gasteiger partial charge in [0.05, 0.1) is 7.11 Å². The van der Waals surface area contributed by atoms with Crippen molar-refractivity contribution >= 4 is 45.4 Å². The topological polar surface area (TPSA) is 63.6 Å². The second-order valence-electron chi connectivity index (χ2n) is 13.0. The van der Waals surface area contributed by atoms with Crippen molar-refractivity contribution < 1.29 is 19.4 Å². The molecule has 0 fully saturated rings. The number of Topliss-reactive ketones (excluding diaryl/α,β-unsaturated/α-hetero) is 1. The van der Waals surface area contributed by atoms with Gasteiger partial charge in [0, 0.05) is 33.5 Å². The molecule has 0 unspecified atom stereocenters. The van der Waals surface area contributed by atoms with E-state index >= 15 is 4.79 Å². The Kier molecular flexibility index (Phi) is 11.6. The number of esters is 1. The van der Waals surface area contributed by atoms with Crippen LogP contribution in [0.15, 0.2) is 106 Å². The van der Waals surface area contributed by atoms with Gasteiger partial charge >= 0.3 is 5.97 Å². The van der Waals surface area contributed by atoms with E-state index in [2.05, 4.69) is 61.0 Å². The monoisotopic (exact) mass is 714 g/mol. The molecule has 2 aliphatic carbocycles. The third-order valence-electron chi connectivity index (χ3n) is 9.94. The van der Waals surface area contributed by atoms with E-state index < -0.39 is 18.5 Å². The summed E-state index contributed by atoms with van der Waals surface area (Å²) in [5, 5.41) is 13.9. The van der Waals surface area contributed by atoms with E-state index in [-0.39, 0.29) is 18.1 Å². The lowest BCUT2D eigenvalue weighted by Crippen LogP contribution is -2.43. The average Bonchev–Trinajstić information content (AvgIpc) is 3.62. The van der Waals surface area contributed by atoms with E-state index in [0.29, 0.717) is 16.7 Å². The van der Waals surface area contributed by atoms with Gasteiger partial charge in [0.15, 0.2) is 11.4 Å². The highest BCUT2D eigenvalue weighted by Crippen LogP contribution is 2.64. The number of hydrogen-bond donors (Lipinski definition) is 1. The Bertz CT molecular complexity index is 1680. The highest BCUT2D eigenvalue weighted by Gasteiger charge is 2.58. The van der Waals surface area contributed by atoms with Crippen LogP contribution in [0.1, 0.15) is 93.1 Å². The summed E-state index contributed by atoms with van der Waals surface area (Å²) in [7, 11) is 1.36. The molecule has 0 amide bonds. The summed E-state index contributed by atoms with van der Waals surface area (Å²) in [6, 6.07) is 27.8. The summed E-state index contributed by atoms with van der Waals surface area (Å²) in [6.07, 6.45) is 9.37. The van der Waals surface area contributed by atoms with E-state index in [1.165, 1.54) is 7.11 Å². The Balaban J connectivity index is 2.02. The molecule has 0 radical (unpaired) electrons. The van der Waals surface area contributed by atoms with Gasteiger partial charge in [-0.25, -0.2) is 4.79 Å². The molecule has 0 aliphatic heterocycles. The van der Waals surface area contributed by atoms with Crippen LogP contribution in [0.5, 0.6) is 0 Å². The third-order valence-corrected chi connectivity index (χ3v) is 15.4. The zero-order chi connectivity index (χ0) is 33.6. The van der Waals surface area contributed by atoms with Gasteiger partial charge in [0.2, 0.25) is 0 Å². The fourth-order valence-electron chi connectivity index (χ4n) is 7.62. The van der Waals surface area contributed by atoms with Crippen LogP contribution in [-0.4, -0.2) is 53.3 Å². The number of aliphatic hydroxyl groups is 1. The van der Waals surface area contributed by atoms with Crippen LogP contribution in [-0.2, 0) is 9.53 Å². The highest BCUT2D eigenvalue weighted by atomic mass is 79.9. The largest absolute Gasteiger partial charge is 0.467 e. The second kappa shape index (κ2) is 15.5. The van der Waals surface area contributed by atoms with Gasteiger partial charge in [-0.3, -0.25) is 4.79 Å². The molecule has 248 valence electrons. The van der Waals surface area contributed by atoms with Crippen molar-refractivity contribution in [3.8, 4) is 0 Å². The molecule has 2 atom stereocenters. The minimum absolute atomic E-state index is 0.0375. The number of carbonyl (C=O) groups is 2. The number of hydrogen-bond acceptors (Lipinski definition) is 4. The Morgan fingerprint density at radius 2 is 1.36 bits per heavy atom. The van der Waals surface area contributed by atoms with E-state index in [1.54, 1.807) is 0 Å². The van der Waals surface area contributed by atoms with Crippen LogP contribution >= 0.6 is 22.8 Å². The number of unbranched alkanes of at least 4 members (excludes halogenated alkanes) is 3. The lowest BCUT2D eigenvalue weighted by atomic mass is 9.82. The fraction of sp³-hybridized carbons (Fsp3) is 0.390. The summed E-state index contributed by atoms with van der Waals surface area (Å²) < 4.78 is 6.40. The quantitative estimate of drug-likeness (QED) is 0.103. The lowest BCUT2D eigenvalue weighted by molar-refractivity contribution is -0.157. The maximum absolute atomic E-state index is 15.2. The number of allylic oxidation sites excluding steroid dienone is 3. The zero-order valence-electron chi connectivity index (χ0n) is 28.2. The standard InChI is InChI=1S/C41H48BrO4P/c1-5-8-25-47(26-9-6-2,27-10-7-3)39-36(38(43)31-19-15-12-16-20-31)34(30-17-13-11-14-18-30)35-33(29-21-23-32(42)24-22-29)28-41(45,37(35)39)40(44)46-4/h11-24,33,45H,5-10,25-28H2,1-4H3/t33-,41-/m0/s1. The first-order valence-electron chi connectivity index (χ1n) is 17.2. The molecule has 2 aliphatic rings. The molecular formula is C41H48BrO4P. The van der Waals surface area contributed by atoms with Gasteiger partial charge in [0.1, 0.15) is 0 Å². The van der Waals surface area contributed by atoms with Crippen LogP contribution in [0.25, 0.3) is 5.57 Å². The van der Waals surface area contributed by atoms with Gasteiger partial charge in [-0.15, -0.1) is 0 Å². The average molecular weight is 716 g/mol. The van der Waals surface area contributed by atoms with Gasteiger partial charge in [-0.05, 0) is 77.4 Å². The smallest absolute Gasteiger partial charge is 0.342 e. The Labute approximate surface area is 289 Å². The third kappa shape index (κ3) is 6.82. The van der Waals surface area contributed by atoms with Crippen molar-refractivity contribution in [1.29, 1.82) is 0 Å². The number of carbonyl (C=O) groups excluding carboxylic acids is 2. The van der Waals surface area contributed by atoms with Crippen molar-refractivity contribution in [2.24, 2.45) is 0 Å². The van der Waals surface area contributed by atoms with E-state index in [4.69, 9.17) is 4.74 Å². The Morgan fingerprint density at radius 3 is 1.87 bits per heavy atom. The lowest BCUT2D eigenvalue weighted by Gasteiger charge is -2.35. The van der Waals surface area contributed by atoms with Crippen LogP contribution < -0.4 is 0 Å². The number of ketones is 1. The molecule has 0 spiro atoms. The molecule has 1 N–H and O–H groups in total. The number of halogens is 1. The van der Waals surface area contributed by atoms with E-state index in [9.17, 15) is 9.90 Å². The van der Waals surface area contributed by atoms with Crippen molar-refractivity contribution in [2.45, 2.75) is 77.2 Å². The minimum atomic E-state index is -2.10. The normalized spacial score (nSPS) is 19.4. The zero-order valence-corrected chi connectivity index (χ0v) is 30.7. The van der Waals surface area contributed by atoms with E-state index in [1.807, 2.05) is 60.7 Å². The summed E-state index contributed by atoms with van der Waals surface area (Å²) in [4.78, 5) is 29.2. The molecule has 5 rings (SSSR count). The van der Waals surface area contributed by atoms with Gasteiger partial charge < -0.3 is 9.84 Å². The Morgan fingerprint density at radius 1 is 0.830 bits per heavy atom. The molecule has 3 aromatic rings. The van der Waals surface area contributed by atoms with Gasteiger partial charge in [0.25, 0.3) is 0 Å². The van der Waals surface area contributed by atoms with Crippen LogP contribution in [0, 0.1) is 0 Å². The fourth-order valence-corrected chi connectivity index (χ4v) is 13.5.